The zero-order chi connectivity index (χ0) is 73.7. The van der Waals surface area contributed by atoms with E-state index in [-0.39, 0.29) is 38.9 Å². The lowest BCUT2D eigenvalue weighted by atomic mass is 9.97. The molecule has 1 aliphatic heterocycles. The van der Waals surface area contributed by atoms with Crippen molar-refractivity contribution in [3.05, 3.63) is 203 Å². The predicted octanol–water partition coefficient (Wildman–Crippen LogP) is 21.8. The summed E-state index contributed by atoms with van der Waals surface area (Å²) in [7, 11) is 3.37. The van der Waals surface area contributed by atoms with E-state index in [2.05, 4.69) is 91.7 Å². The summed E-state index contributed by atoms with van der Waals surface area (Å²) < 4.78 is 68.6. The molecule has 580 valence electrons. The predicted molar refractivity (Wildman–Crippen MR) is 427 cm³/mol. The fourth-order valence-corrected chi connectivity index (χ4v) is 14.1. The molecule has 0 unspecified atom stereocenters. The first kappa shape index (κ1) is 86.3. The van der Waals surface area contributed by atoms with E-state index in [4.69, 9.17) is 47.4 Å². The number of hydrogen-bond donors (Lipinski definition) is 1. The Balaban J connectivity index is 1.18. The van der Waals surface area contributed by atoms with Gasteiger partial charge in [0.1, 0.15) is 42.0 Å². The topological polar surface area (TPSA) is 125 Å². The van der Waals surface area contributed by atoms with Gasteiger partial charge < -0.3 is 57.6 Å². The lowest BCUT2D eigenvalue weighted by Gasteiger charge is -2.46. The highest BCUT2D eigenvalue weighted by Gasteiger charge is 2.50. The summed E-state index contributed by atoms with van der Waals surface area (Å²) in [5.74, 6) is 1.48. The molecule has 6 aromatic rings. The minimum atomic E-state index is -1.04. The summed E-state index contributed by atoms with van der Waals surface area (Å²) in [6.45, 7) is 12.4. The van der Waals surface area contributed by atoms with Crippen molar-refractivity contribution in [3.63, 3.8) is 0 Å². The number of amides is 1. The van der Waals surface area contributed by atoms with Crippen LogP contribution in [0, 0.1) is 0 Å². The van der Waals surface area contributed by atoms with Gasteiger partial charge in [0.15, 0.2) is 6.29 Å². The number of unbranched alkanes of at least 4 members (excludes halogenated alkanes) is 25. The smallest absolute Gasteiger partial charge is 0.220 e. The molecule has 0 saturated carbocycles. The van der Waals surface area contributed by atoms with Crippen LogP contribution in [-0.2, 0) is 82.3 Å². The molecule has 0 radical (unpaired) electrons. The second-order valence-corrected chi connectivity index (χ2v) is 29.2. The van der Waals surface area contributed by atoms with Crippen LogP contribution in [0.3, 0.4) is 0 Å². The molecule has 13 heteroatoms. The van der Waals surface area contributed by atoms with Crippen molar-refractivity contribution in [2.45, 2.75) is 308 Å². The molecule has 1 heterocycles. The maximum Gasteiger partial charge on any atom is 0.220 e. The largest absolute Gasteiger partial charge is 0.497 e. The van der Waals surface area contributed by atoms with E-state index < -0.39 is 49.0 Å². The number of ether oxygens (including phenoxy) is 10. The summed E-state index contributed by atoms with van der Waals surface area (Å²) >= 11 is 0. The maximum atomic E-state index is 15.1. The molecule has 1 N–H and O–H groups in total. The van der Waals surface area contributed by atoms with Crippen molar-refractivity contribution in [2.75, 3.05) is 47.1 Å². The van der Waals surface area contributed by atoms with Gasteiger partial charge in [0.05, 0.1) is 79.2 Å². The van der Waals surface area contributed by atoms with E-state index in [0.717, 1.165) is 83.4 Å². The van der Waals surface area contributed by atoms with E-state index in [1.807, 2.05) is 109 Å². The van der Waals surface area contributed by atoms with Crippen LogP contribution in [0.15, 0.2) is 170 Å². The zero-order valence-corrected chi connectivity index (χ0v) is 65.4. The third kappa shape index (κ3) is 36.2. The first-order valence-electron chi connectivity index (χ1n) is 41.2. The standard InChI is InChI=1S/C92H136N2O11/c1-6-9-12-15-16-17-18-19-20-22-25-42-55-85(99-69-80-57-61-82(96-4)62-58-80)88(100-73-81-59-63-83(97-5)64-60-81)84(93-87(95)56-43-26-23-21-24-29-46-67-94(65-44-27-13-10-7-2)66-45-28-14-11-8-3)74-104-92-91(103-72-79-53-40-33-41-54-79)90(102-71-78-51-38-32-39-52-78)89(101-70-77-49-36-31-37-50-77)86(105-92)75-98-68-76-47-34-30-35-48-76/h30-41,47-54,57-64,84-86,88-92H,6-29,42-46,55-56,65-75H2,1-5H3,(H,93,95)/t84-,85+,86+,88-,89-,90-,91+,92-/m0/s1. The Bertz CT molecular complexity index is 3010. The Morgan fingerprint density at radius 2 is 0.762 bits per heavy atom. The van der Waals surface area contributed by atoms with Gasteiger partial charge in [0, 0.05) is 6.42 Å². The summed E-state index contributed by atoms with van der Waals surface area (Å²) in [4.78, 5) is 17.9. The van der Waals surface area contributed by atoms with Crippen LogP contribution in [0.1, 0.15) is 253 Å². The van der Waals surface area contributed by atoms with Gasteiger partial charge in [0.25, 0.3) is 0 Å². The minimum absolute atomic E-state index is 0.0105. The summed E-state index contributed by atoms with van der Waals surface area (Å²) in [5, 5.41) is 3.58. The number of nitrogens with zero attached hydrogens (tertiary/aromatic N) is 1. The highest BCUT2D eigenvalue weighted by Crippen LogP contribution is 2.33. The van der Waals surface area contributed by atoms with Crippen LogP contribution in [0.25, 0.3) is 0 Å². The average Bonchev–Trinajstić information content (AvgIpc) is 0.787. The monoisotopic (exact) mass is 1450 g/mol. The molecule has 1 aliphatic rings. The van der Waals surface area contributed by atoms with Crippen molar-refractivity contribution in [1.29, 1.82) is 0 Å². The molecule has 7 rings (SSSR count). The van der Waals surface area contributed by atoms with Crippen LogP contribution in [0.4, 0.5) is 0 Å². The van der Waals surface area contributed by atoms with Gasteiger partial charge >= 0.3 is 0 Å². The van der Waals surface area contributed by atoms with Crippen LogP contribution < -0.4 is 14.8 Å². The fraction of sp³-hybridized carbons (Fsp3) is 0.598. The van der Waals surface area contributed by atoms with Crippen molar-refractivity contribution in [3.8, 4) is 11.5 Å². The Labute approximate surface area is 635 Å². The summed E-state index contributed by atoms with van der Waals surface area (Å²) in [6, 6.07) is 56.1. The minimum Gasteiger partial charge on any atom is -0.497 e. The van der Waals surface area contributed by atoms with Crippen LogP contribution in [0.5, 0.6) is 11.5 Å². The van der Waals surface area contributed by atoms with Gasteiger partial charge in [-0.25, -0.2) is 0 Å². The number of carbonyl (C=O) groups excluding carboxylic acids is 1. The van der Waals surface area contributed by atoms with Crippen molar-refractivity contribution >= 4 is 5.91 Å². The molecule has 13 nitrogen and oxygen atoms in total. The van der Waals surface area contributed by atoms with Gasteiger partial charge in [-0.1, -0.05) is 327 Å². The third-order valence-corrected chi connectivity index (χ3v) is 20.5. The molecule has 1 amide bonds. The lowest BCUT2D eigenvalue weighted by Crippen LogP contribution is -2.62. The van der Waals surface area contributed by atoms with Gasteiger partial charge in [0.2, 0.25) is 5.91 Å². The number of nitrogens with one attached hydrogen (secondary N) is 1. The van der Waals surface area contributed by atoms with Crippen LogP contribution in [0.2, 0.25) is 0 Å². The molecule has 0 spiro atoms. The van der Waals surface area contributed by atoms with Crippen LogP contribution >= 0.6 is 0 Å². The number of rotatable bonds is 62. The second-order valence-electron chi connectivity index (χ2n) is 29.2. The molecule has 8 atom stereocenters. The Morgan fingerprint density at radius 3 is 1.20 bits per heavy atom. The van der Waals surface area contributed by atoms with Crippen molar-refractivity contribution < 1.29 is 52.2 Å². The van der Waals surface area contributed by atoms with Gasteiger partial charge in [-0.3, -0.25) is 4.79 Å². The molecule has 0 aliphatic carbocycles. The van der Waals surface area contributed by atoms with Crippen LogP contribution in [-0.4, -0.2) is 107 Å². The van der Waals surface area contributed by atoms with E-state index in [1.54, 1.807) is 14.2 Å². The SMILES string of the molecule is CCCCCCCCCCCCCC[C@@H](OCc1ccc(OC)cc1)[C@@H](OCc1ccc(OC)cc1)[C@H](CO[C@H]1O[C@H](COCc2ccccc2)[C@H](OCc2ccccc2)[C@H](OCc2ccccc2)[C@H]1OCc1ccccc1)NC(=O)CCCCCCCCCN(CCCCCCC)CCCCCCC. The zero-order valence-electron chi connectivity index (χ0n) is 65.4. The maximum absolute atomic E-state index is 15.1. The van der Waals surface area contributed by atoms with Gasteiger partial charge in [-0.2, -0.15) is 0 Å². The number of hydrogen-bond acceptors (Lipinski definition) is 12. The summed E-state index contributed by atoms with van der Waals surface area (Å²) in [5.41, 5.74) is 5.99. The van der Waals surface area contributed by atoms with E-state index >= 15 is 4.79 Å². The van der Waals surface area contributed by atoms with Gasteiger partial charge in [-0.15, -0.1) is 0 Å². The first-order valence-corrected chi connectivity index (χ1v) is 41.2. The van der Waals surface area contributed by atoms with E-state index in [9.17, 15) is 0 Å². The first-order chi connectivity index (χ1) is 51.9. The van der Waals surface area contributed by atoms with Gasteiger partial charge in [-0.05, 0) is 109 Å². The Kier molecular flexibility index (Phi) is 45.5. The molecule has 1 fully saturated rings. The molecule has 0 aromatic heterocycles. The lowest BCUT2D eigenvalue weighted by molar-refractivity contribution is -0.330. The Morgan fingerprint density at radius 1 is 0.390 bits per heavy atom. The quantitative estimate of drug-likeness (QED) is 0.0366. The molecule has 105 heavy (non-hydrogen) atoms. The van der Waals surface area contributed by atoms with Crippen molar-refractivity contribution in [1.82, 2.24) is 10.2 Å². The molecule has 0 bridgehead atoms. The molecule has 1 saturated heterocycles. The normalized spacial score (nSPS) is 16.8. The second kappa shape index (κ2) is 55.4. The average molecular weight is 1450 g/mol. The number of benzene rings is 6. The van der Waals surface area contributed by atoms with Crippen molar-refractivity contribution in [2.24, 2.45) is 0 Å². The molecular formula is C92H136N2O11. The fourth-order valence-electron chi connectivity index (χ4n) is 14.1. The Hall–Kier alpha value is -5.97. The highest BCUT2D eigenvalue weighted by atomic mass is 16.7. The summed E-state index contributed by atoms with van der Waals surface area (Å²) in [6.07, 6.45) is 31.7. The molecular weight excluding hydrogens is 1310 g/mol. The number of methoxy groups -OCH3 is 2. The van der Waals surface area contributed by atoms with E-state index in [0.29, 0.717) is 32.7 Å². The number of carbonyl (C=O) groups is 1. The molecule has 6 aromatic carbocycles. The third-order valence-electron chi connectivity index (χ3n) is 20.5. The van der Waals surface area contributed by atoms with E-state index in [1.165, 1.54) is 167 Å². The highest BCUT2D eigenvalue weighted by molar-refractivity contribution is 5.76.